The number of aryl methyl sites for hydroxylation is 1. The van der Waals surface area contributed by atoms with E-state index in [0.717, 1.165) is 23.2 Å². The van der Waals surface area contributed by atoms with Crippen molar-refractivity contribution in [1.82, 2.24) is 0 Å². The molecule has 1 fully saturated rings. The van der Waals surface area contributed by atoms with E-state index in [-0.39, 0.29) is 18.9 Å². The van der Waals surface area contributed by atoms with Crippen LogP contribution in [0.15, 0.2) is 48.5 Å². The number of nitrogens with zero attached hydrogens (tertiary/aromatic N) is 1. The third-order valence-electron chi connectivity index (χ3n) is 5.81. The van der Waals surface area contributed by atoms with E-state index in [4.69, 9.17) is 4.74 Å². The van der Waals surface area contributed by atoms with Gasteiger partial charge in [0.1, 0.15) is 0 Å². The van der Waals surface area contributed by atoms with E-state index in [1.165, 1.54) is 6.92 Å². The molecule has 1 saturated heterocycles. The van der Waals surface area contributed by atoms with Gasteiger partial charge in [-0.3, -0.25) is 14.4 Å². The van der Waals surface area contributed by atoms with Crippen LogP contribution < -0.4 is 10.2 Å². The molecule has 0 unspecified atom stereocenters. The van der Waals surface area contributed by atoms with Gasteiger partial charge in [0.2, 0.25) is 5.91 Å². The number of anilines is 2. The average molecular weight is 423 g/mol. The summed E-state index contributed by atoms with van der Waals surface area (Å²) in [5.74, 6) is -1.31. The minimum Gasteiger partial charge on any atom is -0.452 e. The fourth-order valence-corrected chi connectivity index (χ4v) is 3.67. The molecule has 1 heterocycles. The Morgan fingerprint density at radius 1 is 1.13 bits per heavy atom. The Hall–Kier alpha value is -3.15. The van der Waals surface area contributed by atoms with Gasteiger partial charge in [-0.15, -0.1) is 0 Å². The summed E-state index contributed by atoms with van der Waals surface area (Å²) in [6.07, 6.45) is 0.0864. The first-order valence-corrected chi connectivity index (χ1v) is 10.8. The molecule has 0 aliphatic carbocycles. The second kappa shape index (κ2) is 9.77. The molecule has 0 saturated carbocycles. The van der Waals surface area contributed by atoms with Gasteiger partial charge in [-0.05, 0) is 49.9 Å². The van der Waals surface area contributed by atoms with Crippen molar-refractivity contribution in [3.05, 3.63) is 59.7 Å². The van der Waals surface area contributed by atoms with Gasteiger partial charge < -0.3 is 15.0 Å². The van der Waals surface area contributed by atoms with Crippen LogP contribution in [0, 0.1) is 12.8 Å². The number of ether oxygens (including phenoxy) is 1. The van der Waals surface area contributed by atoms with Crippen LogP contribution in [0.2, 0.25) is 0 Å². The number of carbonyl (C=O) groups is 3. The van der Waals surface area contributed by atoms with E-state index in [9.17, 15) is 14.4 Å². The van der Waals surface area contributed by atoms with Crippen molar-refractivity contribution in [3.63, 3.8) is 0 Å². The van der Waals surface area contributed by atoms with Crippen LogP contribution >= 0.6 is 0 Å². The topological polar surface area (TPSA) is 75.7 Å². The number of nitrogens with one attached hydrogen (secondary N) is 1. The maximum Gasteiger partial charge on any atom is 0.312 e. The summed E-state index contributed by atoms with van der Waals surface area (Å²) in [6.45, 7) is 7.99. The standard InChI is InChI=1S/C25H30N2O4/c1-5-17(3)21-8-6-7-9-22(21)27-15-19(14-23(27)28)25(30)31-18(4)24(29)26-20-12-10-16(2)11-13-20/h6-13,17-19H,5,14-15H2,1-4H3,(H,26,29)/t17-,18-,19-/m0/s1. The predicted octanol–water partition coefficient (Wildman–Crippen LogP) is 4.43. The number of hydrogen-bond acceptors (Lipinski definition) is 4. The van der Waals surface area contributed by atoms with E-state index in [1.54, 1.807) is 17.0 Å². The lowest BCUT2D eigenvalue weighted by atomic mass is 9.96. The van der Waals surface area contributed by atoms with Gasteiger partial charge in [-0.1, -0.05) is 49.7 Å². The highest BCUT2D eigenvalue weighted by Gasteiger charge is 2.38. The monoisotopic (exact) mass is 422 g/mol. The van der Waals surface area contributed by atoms with Crippen molar-refractivity contribution < 1.29 is 19.1 Å². The maximum absolute atomic E-state index is 12.7. The quantitative estimate of drug-likeness (QED) is 0.670. The summed E-state index contributed by atoms with van der Waals surface area (Å²) in [7, 11) is 0. The lowest BCUT2D eigenvalue weighted by Crippen LogP contribution is -2.33. The SMILES string of the molecule is CC[C@H](C)c1ccccc1N1C[C@@H](C(=O)O[C@@H](C)C(=O)Nc2ccc(C)cc2)CC1=O. The Balaban J connectivity index is 1.62. The molecule has 0 radical (unpaired) electrons. The number of rotatable bonds is 7. The first-order chi connectivity index (χ1) is 14.8. The number of hydrogen-bond donors (Lipinski definition) is 1. The molecule has 1 aliphatic rings. The van der Waals surface area contributed by atoms with Crippen molar-refractivity contribution in [1.29, 1.82) is 0 Å². The largest absolute Gasteiger partial charge is 0.452 e. The summed E-state index contributed by atoms with van der Waals surface area (Å²) >= 11 is 0. The number of amides is 2. The molecular formula is C25H30N2O4. The van der Waals surface area contributed by atoms with Crippen molar-refractivity contribution in [2.75, 3.05) is 16.8 Å². The number of carbonyl (C=O) groups excluding carboxylic acids is 3. The minimum absolute atomic E-state index is 0.0833. The van der Waals surface area contributed by atoms with Crippen LogP contribution in [-0.4, -0.2) is 30.4 Å². The van der Waals surface area contributed by atoms with E-state index in [0.29, 0.717) is 11.6 Å². The van der Waals surface area contributed by atoms with E-state index in [2.05, 4.69) is 19.2 Å². The normalized spacial score (nSPS) is 17.9. The van der Waals surface area contributed by atoms with Crippen LogP contribution in [0.25, 0.3) is 0 Å². The zero-order valence-corrected chi connectivity index (χ0v) is 18.6. The van der Waals surface area contributed by atoms with Crippen LogP contribution in [0.5, 0.6) is 0 Å². The first-order valence-electron chi connectivity index (χ1n) is 10.8. The smallest absolute Gasteiger partial charge is 0.312 e. The molecule has 31 heavy (non-hydrogen) atoms. The highest BCUT2D eigenvalue weighted by atomic mass is 16.5. The average Bonchev–Trinajstić information content (AvgIpc) is 3.16. The Morgan fingerprint density at radius 3 is 2.48 bits per heavy atom. The molecule has 164 valence electrons. The Kier molecular flexibility index (Phi) is 7.10. The number of para-hydroxylation sites is 1. The molecule has 2 amide bonds. The molecule has 6 heteroatoms. The zero-order chi connectivity index (χ0) is 22.5. The predicted molar refractivity (Wildman–Crippen MR) is 121 cm³/mol. The van der Waals surface area contributed by atoms with Gasteiger partial charge in [0.25, 0.3) is 5.91 Å². The molecule has 0 bridgehead atoms. The van der Waals surface area contributed by atoms with Gasteiger partial charge in [0.05, 0.1) is 5.92 Å². The van der Waals surface area contributed by atoms with Gasteiger partial charge in [-0.25, -0.2) is 0 Å². The molecule has 0 aromatic heterocycles. The van der Waals surface area contributed by atoms with Crippen LogP contribution in [-0.2, 0) is 19.1 Å². The molecule has 2 aromatic rings. The molecule has 1 N–H and O–H groups in total. The summed E-state index contributed by atoms with van der Waals surface area (Å²) in [6, 6.07) is 15.2. The third-order valence-corrected chi connectivity index (χ3v) is 5.81. The lowest BCUT2D eigenvalue weighted by Gasteiger charge is -2.23. The van der Waals surface area contributed by atoms with Crippen molar-refractivity contribution >= 4 is 29.2 Å². The zero-order valence-electron chi connectivity index (χ0n) is 18.6. The highest BCUT2D eigenvalue weighted by Crippen LogP contribution is 2.33. The van der Waals surface area contributed by atoms with Crippen LogP contribution in [0.3, 0.4) is 0 Å². The number of benzene rings is 2. The van der Waals surface area contributed by atoms with Gasteiger partial charge in [0.15, 0.2) is 6.10 Å². The summed E-state index contributed by atoms with van der Waals surface area (Å²) in [5.41, 5.74) is 3.67. The Bertz CT molecular complexity index is 954. The van der Waals surface area contributed by atoms with E-state index >= 15 is 0 Å². The van der Waals surface area contributed by atoms with Gasteiger partial charge in [-0.2, -0.15) is 0 Å². The van der Waals surface area contributed by atoms with Crippen LogP contribution in [0.1, 0.15) is 50.7 Å². The third kappa shape index (κ3) is 5.32. The molecule has 2 aromatic carbocycles. The van der Waals surface area contributed by atoms with Gasteiger partial charge >= 0.3 is 5.97 Å². The fourth-order valence-electron chi connectivity index (χ4n) is 3.67. The van der Waals surface area contributed by atoms with Crippen molar-refractivity contribution in [3.8, 4) is 0 Å². The second-order valence-electron chi connectivity index (χ2n) is 8.21. The van der Waals surface area contributed by atoms with E-state index in [1.807, 2.05) is 43.3 Å². The molecule has 3 rings (SSSR count). The molecule has 0 spiro atoms. The Morgan fingerprint density at radius 2 is 1.81 bits per heavy atom. The van der Waals surface area contributed by atoms with Crippen molar-refractivity contribution in [2.45, 2.75) is 52.6 Å². The highest BCUT2D eigenvalue weighted by molar-refractivity contribution is 6.01. The Labute approximate surface area is 183 Å². The summed E-state index contributed by atoms with van der Waals surface area (Å²) < 4.78 is 5.39. The summed E-state index contributed by atoms with van der Waals surface area (Å²) in [4.78, 5) is 39.4. The summed E-state index contributed by atoms with van der Waals surface area (Å²) in [5, 5.41) is 2.74. The number of esters is 1. The van der Waals surface area contributed by atoms with Crippen LogP contribution in [0.4, 0.5) is 11.4 Å². The molecule has 1 aliphatic heterocycles. The maximum atomic E-state index is 12.7. The van der Waals surface area contributed by atoms with Gasteiger partial charge in [0, 0.05) is 24.3 Å². The molecule has 6 nitrogen and oxygen atoms in total. The minimum atomic E-state index is -0.953. The van der Waals surface area contributed by atoms with E-state index < -0.39 is 23.9 Å². The lowest BCUT2D eigenvalue weighted by molar-refractivity contribution is -0.157. The fraction of sp³-hybridized carbons (Fsp3) is 0.400. The molecule has 3 atom stereocenters. The second-order valence-corrected chi connectivity index (χ2v) is 8.21. The molecular weight excluding hydrogens is 392 g/mol. The van der Waals surface area contributed by atoms with Crippen molar-refractivity contribution in [2.24, 2.45) is 5.92 Å². The first kappa shape index (κ1) is 22.5.